The van der Waals surface area contributed by atoms with E-state index in [0.717, 1.165) is 12.0 Å². The Morgan fingerprint density at radius 1 is 0.895 bits per heavy atom. The van der Waals surface area contributed by atoms with E-state index in [1.54, 1.807) is 31.2 Å². The van der Waals surface area contributed by atoms with E-state index in [2.05, 4.69) is 31.4 Å². The first-order valence-electron chi connectivity index (χ1n) is 13.2. The fraction of sp³-hybridized carbons (Fsp3) is 0.621. The Morgan fingerprint density at radius 3 is 2.05 bits per heavy atom. The van der Waals surface area contributed by atoms with Crippen molar-refractivity contribution in [2.24, 2.45) is 17.3 Å². The number of amides is 2. The first kappa shape index (κ1) is 33.7. The molecule has 0 unspecified atom stereocenters. The van der Waals surface area contributed by atoms with Gasteiger partial charge in [-0.2, -0.15) is 0 Å². The van der Waals surface area contributed by atoms with Gasteiger partial charge in [-0.25, -0.2) is 0 Å². The lowest BCUT2D eigenvalue weighted by Crippen LogP contribution is -2.45. The van der Waals surface area contributed by atoms with Gasteiger partial charge in [0.2, 0.25) is 11.8 Å². The van der Waals surface area contributed by atoms with Gasteiger partial charge in [-0.15, -0.1) is 0 Å². The van der Waals surface area contributed by atoms with E-state index >= 15 is 0 Å². The van der Waals surface area contributed by atoms with Gasteiger partial charge in [-0.05, 0) is 48.8 Å². The summed E-state index contributed by atoms with van der Waals surface area (Å²) in [5, 5.41) is 5.49. The third kappa shape index (κ3) is 14.0. The summed E-state index contributed by atoms with van der Waals surface area (Å²) < 4.78 is 5.75. The van der Waals surface area contributed by atoms with Crippen molar-refractivity contribution in [2.75, 3.05) is 9.74 Å². The Morgan fingerprint density at radius 2 is 1.50 bits per heavy atom. The summed E-state index contributed by atoms with van der Waals surface area (Å²) >= 11 is 2.01. The van der Waals surface area contributed by atoms with Crippen LogP contribution in [0.5, 0.6) is 0 Å². The van der Waals surface area contributed by atoms with E-state index in [4.69, 9.17) is 4.74 Å². The molecule has 0 aliphatic heterocycles. The van der Waals surface area contributed by atoms with Crippen LogP contribution >= 0.6 is 22.6 Å². The Hall–Kier alpha value is -2.30. The Kier molecular flexibility index (Phi) is 14.7. The molecule has 0 aliphatic carbocycles. The van der Waals surface area contributed by atoms with Crippen LogP contribution in [-0.4, -0.2) is 39.8 Å². The fourth-order valence-electron chi connectivity index (χ4n) is 3.56. The second kappa shape index (κ2) is 16.6. The van der Waals surface area contributed by atoms with Gasteiger partial charge in [0.05, 0.1) is 4.43 Å². The predicted octanol–water partition coefficient (Wildman–Crippen LogP) is 5.41. The number of halogens is 1. The predicted molar refractivity (Wildman–Crippen MR) is 157 cm³/mol. The number of hydrogen-bond acceptors (Lipinski definition) is 6. The van der Waals surface area contributed by atoms with Crippen molar-refractivity contribution >= 4 is 57.6 Å². The summed E-state index contributed by atoms with van der Waals surface area (Å²) in [5.41, 5.74) is 1.42. The maximum absolute atomic E-state index is 12.8. The summed E-state index contributed by atoms with van der Waals surface area (Å²) in [5.74, 6) is -1.55. The molecule has 0 fully saturated rings. The van der Waals surface area contributed by atoms with E-state index < -0.39 is 12.0 Å². The first-order valence-corrected chi connectivity index (χ1v) is 14.7. The van der Waals surface area contributed by atoms with E-state index in [1.807, 2.05) is 36.4 Å². The van der Waals surface area contributed by atoms with Crippen LogP contribution < -0.4 is 10.6 Å². The van der Waals surface area contributed by atoms with Crippen LogP contribution in [-0.2, 0) is 35.3 Å². The second-order valence-corrected chi connectivity index (χ2v) is 12.0. The molecule has 0 saturated heterocycles. The largest absolute Gasteiger partial charge is 0.461 e. The summed E-state index contributed by atoms with van der Waals surface area (Å²) in [6, 6.07) is 6.16. The number of ketones is 2. The summed E-state index contributed by atoms with van der Waals surface area (Å²) in [4.78, 5) is 61.2. The number of carbonyl (C=O) groups excluding carboxylic acids is 5. The Labute approximate surface area is 240 Å². The van der Waals surface area contributed by atoms with E-state index in [-0.39, 0.29) is 60.1 Å². The number of esters is 1. The number of ether oxygens (including phenoxy) is 1. The molecule has 2 N–H and O–H groups in total. The van der Waals surface area contributed by atoms with Crippen LogP contribution in [0.1, 0.15) is 85.6 Å². The van der Waals surface area contributed by atoms with Gasteiger partial charge < -0.3 is 15.4 Å². The molecule has 212 valence electrons. The van der Waals surface area contributed by atoms with Crippen molar-refractivity contribution < 1.29 is 28.7 Å². The number of rotatable bonds is 16. The number of carbonyl (C=O) groups is 5. The molecule has 0 spiro atoms. The number of nitrogens with one attached hydrogen (secondary N) is 2. The SMILES string of the molecule is CC(C)[C@H](CC(=O)CCCC(=O)CI)C(=O)N[C@@H](C)C(=O)Nc1ccc(COC(=O)CCC(C)(C)C)cc1. The van der Waals surface area contributed by atoms with E-state index in [0.29, 0.717) is 29.4 Å². The lowest BCUT2D eigenvalue weighted by molar-refractivity contribution is -0.145. The highest BCUT2D eigenvalue weighted by Crippen LogP contribution is 2.21. The lowest BCUT2D eigenvalue weighted by Gasteiger charge is -2.22. The zero-order chi connectivity index (χ0) is 28.9. The van der Waals surface area contributed by atoms with Crippen LogP contribution in [0.3, 0.4) is 0 Å². The molecule has 0 bridgehead atoms. The molecule has 0 aromatic heterocycles. The van der Waals surface area contributed by atoms with Crippen molar-refractivity contribution in [1.29, 1.82) is 0 Å². The smallest absolute Gasteiger partial charge is 0.306 e. The molecule has 0 aliphatic rings. The van der Waals surface area contributed by atoms with Crippen LogP contribution in [0.2, 0.25) is 0 Å². The molecule has 1 aromatic rings. The zero-order valence-corrected chi connectivity index (χ0v) is 25.7. The fourth-order valence-corrected chi connectivity index (χ4v) is 3.94. The number of Topliss-reactive ketones (excluding diaryl/α,β-unsaturated/α-hetero) is 2. The summed E-state index contributed by atoms with van der Waals surface area (Å²) in [6.07, 6.45) is 2.32. The lowest BCUT2D eigenvalue weighted by atomic mass is 9.88. The monoisotopic (exact) mass is 642 g/mol. The summed E-state index contributed by atoms with van der Waals surface area (Å²) in [7, 11) is 0. The molecule has 2 atom stereocenters. The minimum absolute atomic E-state index is 0.0582. The minimum atomic E-state index is -0.802. The molecule has 1 rings (SSSR count). The van der Waals surface area contributed by atoms with Crippen LogP contribution in [0.15, 0.2) is 24.3 Å². The molecule has 2 amide bonds. The zero-order valence-electron chi connectivity index (χ0n) is 23.5. The van der Waals surface area contributed by atoms with Crippen molar-refractivity contribution in [2.45, 2.75) is 92.7 Å². The van der Waals surface area contributed by atoms with Gasteiger partial charge in [0.1, 0.15) is 24.2 Å². The maximum Gasteiger partial charge on any atom is 0.306 e. The van der Waals surface area contributed by atoms with E-state index in [1.165, 1.54) is 0 Å². The number of alkyl halides is 1. The average molecular weight is 643 g/mol. The van der Waals surface area contributed by atoms with Gasteiger partial charge in [0.15, 0.2) is 0 Å². The van der Waals surface area contributed by atoms with Crippen LogP contribution in [0.25, 0.3) is 0 Å². The minimum Gasteiger partial charge on any atom is -0.461 e. The standard InChI is InChI=1S/C29H43IN2O6/c1-19(2)25(16-23(33)8-7-9-24(34)17-30)28(37)31-20(3)27(36)32-22-12-10-21(11-13-22)18-38-26(35)14-15-29(4,5)6/h10-13,19-20,25H,7-9,14-18H2,1-6H3,(H,31,37)(H,32,36)/t20-,25-/m0/s1. The molecule has 1 aromatic carbocycles. The Balaban J connectivity index is 2.55. The third-order valence-corrected chi connectivity index (χ3v) is 6.95. The topological polar surface area (TPSA) is 119 Å². The van der Waals surface area contributed by atoms with Gasteiger partial charge in [0, 0.05) is 37.3 Å². The first-order chi connectivity index (χ1) is 17.7. The highest BCUT2D eigenvalue weighted by Gasteiger charge is 2.27. The number of benzene rings is 1. The van der Waals surface area contributed by atoms with Gasteiger partial charge >= 0.3 is 5.97 Å². The molecular weight excluding hydrogens is 599 g/mol. The van der Waals surface area contributed by atoms with Gasteiger partial charge in [-0.3, -0.25) is 24.0 Å². The van der Waals surface area contributed by atoms with Crippen LogP contribution in [0.4, 0.5) is 5.69 Å². The van der Waals surface area contributed by atoms with Crippen molar-refractivity contribution in [3.63, 3.8) is 0 Å². The van der Waals surface area contributed by atoms with Gasteiger partial charge in [-0.1, -0.05) is 69.3 Å². The Bertz CT molecular complexity index is 953. The molecule has 9 heteroatoms. The number of anilines is 1. The van der Waals surface area contributed by atoms with E-state index in [9.17, 15) is 24.0 Å². The average Bonchev–Trinajstić information content (AvgIpc) is 2.84. The quantitative estimate of drug-likeness (QED) is 0.142. The van der Waals surface area contributed by atoms with Gasteiger partial charge in [0.25, 0.3) is 0 Å². The molecule has 0 saturated carbocycles. The summed E-state index contributed by atoms with van der Waals surface area (Å²) in [6.45, 7) is 11.7. The molecule has 8 nitrogen and oxygen atoms in total. The second-order valence-electron chi connectivity index (χ2n) is 11.3. The van der Waals surface area contributed by atoms with Crippen molar-refractivity contribution in [1.82, 2.24) is 5.32 Å². The molecule has 0 heterocycles. The number of hydrogen-bond donors (Lipinski definition) is 2. The van der Waals surface area contributed by atoms with Crippen LogP contribution in [0, 0.1) is 17.3 Å². The molecule has 0 radical (unpaired) electrons. The maximum atomic E-state index is 12.8. The highest BCUT2D eigenvalue weighted by molar-refractivity contribution is 14.1. The molecular formula is C29H43IN2O6. The van der Waals surface area contributed by atoms with Crippen molar-refractivity contribution in [3.05, 3.63) is 29.8 Å². The highest BCUT2D eigenvalue weighted by atomic mass is 127. The van der Waals surface area contributed by atoms with Crippen molar-refractivity contribution in [3.8, 4) is 0 Å². The molecule has 38 heavy (non-hydrogen) atoms. The third-order valence-electron chi connectivity index (χ3n) is 6.10. The normalized spacial score (nSPS) is 12.9.